The van der Waals surface area contributed by atoms with Gasteiger partial charge in [0.15, 0.2) is 5.82 Å². The topological polar surface area (TPSA) is 49.3 Å². The van der Waals surface area contributed by atoms with E-state index in [1.54, 1.807) is 0 Å². The van der Waals surface area contributed by atoms with Crippen molar-refractivity contribution in [2.24, 2.45) is 0 Å². The van der Waals surface area contributed by atoms with Crippen molar-refractivity contribution >= 4 is 11.7 Å². The Morgan fingerprint density at radius 2 is 1.95 bits per heavy atom. The molecule has 1 amide bonds. The van der Waals surface area contributed by atoms with E-state index in [9.17, 15) is 4.79 Å². The molecule has 1 aromatic rings. The first-order valence-corrected chi connectivity index (χ1v) is 7.14. The van der Waals surface area contributed by atoms with Crippen LogP contribution >= 0.6 is 0 Å². The predicted molar refractivity (Wildman–Crippen MR) is 73.1 cm³/mol. The molecule has 0 radical (unpaired) electrons. The second kappa shape index (κ2) is 5.15. The Bertz CT molecular complexity index is 447. The van der Waals surface area contributed by atoms with Crippen LogP contribution in [0.2, 0.25) is 0 Å². The van der Waals surface area contributed by atoms with Gasteiger partial charge in [-0.3, -0.25) is 4.79 Å². The summed E-state index contributed by atoms with van der Waals surface area (Å²) >= 11 is 0. The second-order valence-electron chi connectivity index (χ2n) is 5.31. The minimum Gasteiger partial charge on any atom is -0.352 e. The highest BCUT2D eigenvalue weighted by Crippen LogP contribution is 2.38. The molecule has 1 saturated carbocycles. The highest BCUT2D eigenvalue weighted by Gasteiger charge is 2.26. The molecule has 0 aromatic carbocycles. The van der Waals surface area contributed by atoms with Crippen LogP contribution in [0.25, 0.3) is 0 Å². The smallest absolute Gasteiger partial charge is 0.222 e. The molecule has 5 heteroatoms. The molecule has 1 aliphatic carbocycles. The van der Waals surface area contributed by atoms with Crippen LogP contribution in [0, 0.1) is 0 Å². The van der Waals surface area contributed by atoms with E-state index in [4.69, 9.17) is 0 Å². The van der Waals surface area contributed by atoms with Gasteiger partial charge in [0.1, 0.15) is 0 Å². The van der Waals surface area contributed by atoms with Gasteiger partial charge in [-0.1, -0.05) is 6.92 Å². The molecule has 1 saturated heterocycles. The molecule has 0 unspecified atom stereocenters. The largest absolute Gasteiger partial charge is 0.352 e. The van der Waals surface area contributed by atoms with E-state index in [0.717, 1.165) is 37.7 Å². The molecule has 0 bridgehead atoms. The highest BCUT2D eigenvalue weighted by atomic mass is 16.2. The summed E-state index contributed by atoms with van der Waals surface area (Å²) in [6.07, 6.45) is 3.10. The van der Waals surface area contributed by atoms with Gasteiger partial charge in [0.2, 0.25) is 5.91 Å². The number of anilines is 1. The van der Waals surface area contributed by atoms with Crippen molar-refractivity contribution in [2.75, 3.05) is 31.1 Å². The summed E-state index contributed by atoms with van der Waals surface area (Å²) < 4.78 is 0. The van der Waals surface area contributed by atoms with Crippen molar-refractivity contribution in [2.45, 2.75) is 32.1 Å². The van der Waals surface area contributed by atoms with Crippen molar-refractivity contribution < 1.29 is 4.79 Å². The van der Waals surface area contributed by atoms with Crippen LogP contribution in [-0.4, -0.2) is 47.2 Å². The zero-order valence-corrected chi connectivity index (χ0v) is 11.4. The Morgan fingerprint density at radius 3 is 2.47 bits per heavy atom. The van der Waals surface area contributed by atoms with E-state index < -0.39 is 0 Å². The summed E-state index contributed by atoms with van der Waals surface area (Å²) in [5.41, 5.74) is 1.13. The summed E-state index contributed by atoms with van der Waals surface area (Å²) in [4.78, 5) is 15.8. The Balaban J connectivity index is 1.59. The number of amides is 1. The Hall–Kier alpha value is -1.65. The number of aromatic nitrogens is 2. The average Bonchev–Trinajstić information content (AvgIpc) is 3.31. The molecule has 102 valence electrons. The Labute approximate surface area is 113 Å². The molecule has 1 aromatic heterocycles. The lowest BCUT2D eigenvalue weighted by Crippen LogP contribution is -2.48. The molecule has 2 fully saturated rings. The number of hydrogen-bond donors (Lipinski definition) is 0. The van der Waals surface area contributed by atoms with E-state index >= 15 is 0 Å². The normalized spacial score (nSPS) is 19.6. The van der Waals surface area contributed by atoms with Crippen molar-refractivity contribution in [1.29, 1.82) is 0 Å². The molecule has 0 spiro atoms. The molecule has 19 heavy (non-hydrogen) atoms. The fourth-order valence-electron chi connectivity index (χ4n) is 2.51. The molecule has 5 nitrogen and oxygen atoms in total. The number of nitrogens with zero attached hydrogens (tertiary/aromatic N) is 4. The number of rotatable bonds is 3. The maximum atomic E-state index is 11.6. The SMILES string of the molecule is CCC(=O)N1CCN(c2ccc(C3CC3)nn2)CC1. The van der Waals surface area contributed by atoms with Crippen LogP contribution in [0.15, 0.2) is 12.1 Å². The van der Waals surface area contributed by atoms with Gasteiger partial charge < -0.3 is 9.80 Å². The summed E-state index contributed by atoms with van der Waals surface area (Å²) in [6, 6.07) is 4.17. The number of piperazine rings is 1. The van der Waals surface area contributed by atoms with Gasteiger partial charge in [-0.15, -0.1) is 5.10 Å². The molecular formula is C14H20N4O. The Kier molecular flexibility index (Phi) is 3.36. The third-order valence-electron chi connectivity index (χ3n) is 3.93. The van der Waals surface area contributed by atoms with Gasteiger partial charge >= 0.3 is 0 Å². The predicted octanol–water partition coefficient (Wildman–Crippen LogP) is 1.41. The van der Waals surface area contributed by atoms with E-state index in [-0.39, 0.29) is 5.91 Å². The fourth-order valence-corrected chi connectivity index (χ4v) is 2.51. The first-order valence-electron chi connectivity index (χ1n) is 7.14. The molecule has 0 atom stereocenters. The van der Waals surface area contributed by atoms with Crippen LogP contribution in [0.5, 0.6) is 0 Å². The zero-order valence-electron chi connectivity index (χ0n) is 11.4. The third-order valence-corrected chi connectivity index (χ3v) is 3.93. The quantitative estimate of drug-likeness (QED) is 0.824. The van der Waals surface area contributed by atoms with E-state index in [0.29, 0.717) is 12.3 Å². The van der Waals surface area contributed by atoms with Gasteiger partial charge in [-0.05, 0) is 25.0 Å². The first kappa shape index (κ1) is 12.4. The average molecular weight is 260 g/mol. The van der Waals surface area contributed by atoms with Crippen LogP contribution in [0.3, 0.4) is 0 Å². The highest BCUT2D eigenvalue weighted by molar-refractivity contribution is 5.76. The van der Waals surface area contributed by atoms with Crippen LogP contribution in [-0.2, 0) is 4.79 Å². The lowest BCUT2D eigenvalue weighted by Gasteiger charge is -2.35. The zero-order chi connectivity index (χ0) is 13.2. The molecule has 0 N–H and O–H groups in total. The van der Waals surface area contributed by atoms with Crippen molar-refractivity contribution in [3.8, 4) is 0 Å². The van der Waals surface area contributed by atoms with Crippen molar-refractivity contribution in [3.63, 3.8) is 0 Å². The van der Waals surface area contributed by atoms with E-state index in [1.165, 1.54) is 12.8 Å². The minimum atomic E-state index is 0.245. The van der Waals surface area contributed by atoms with Crippen molar-refractivity contribution in [1.82, 2.24) is 15.1 Å². The molecule has 2 heterocycles. The van der Waals surface area contributed by atoms with Crippen LogP contribution < -0.4 is 4.90 Å². The maximum Gasteiger partial charge on any atom is 0.222 e. The Morgan fingerprint density at radius 1 is 1.21 bits per heavy atom. The second-order valence-corrected chi connectivity index (χ2v) is 5.31. The standard InChI is InChI=1S/C14H20N4O/c1-2-14(19)18-9-7-17(8-10-18)13-6-5-12(15-16-13)11-3-4-11/h5-6,11H,2-4,7-10H2,1H3. The lowest BCUT2D eigenvalue weighted by atomic mass is 10.2. The summed E-state index contributed by atoms with van der Waals surface area (Å²) in [7, 11) is 0. The van der Waals surface area contributed by atoms with Gasteiger partial charge in [0.05, 0.1) is 5.69 Å². The summed E-state index contributed by atoms with van der Waals surface area (Å²) in [6.45, 7) is 5.20. The maximum absolute atomic E-state index is 11.6. The third kappa shape index (κ3) is 2.69. The monoisotopic (exact) mass is 260 g/mol. The minimum absolute atomic E-state index is 0.245. The lowest BCUT2D eigenvalue weighted by molar-refractivity contribution is -0.131. The van der Waals surface area contributed by atoms with Gasteiger partial charge in [0.25, 0.3) is 0 Å². The molecule has 2 aliphatic rings. The van der Waals surface area contributed by atoms with Crippen LogP contribution in [0.4, 0.5) is 5.82 Å². The fraction of sp³-hybridized carbons (Fsp3) is 0.643. The van der Waals surface area contributed by atoms with Gasteiger partial charge in [-0.2, -0.15) is 5.10 Å². The first-order chi connectivity index (χ1) is 9.28. The van der Waals surface area contributed by atoms with Gasteiger partial charge in [-0.25, -0.2) is 0 Å². The molecule has 3 rings (SSSR count). The molecule has 1 aliphatic heterocycles. The summed E-state index contributed by atoms with van der Waals surface area (Å²) in [5.74, 6) is 1.84. The van der Waals surface area contributed by atoms with Crippen LogP contribution in [0.1, 0.15) is 37.8 Å². The van der Waals surface area contributed by atoms with E-state index in [2.05, 4.69) is 27.2 Å². The molecular weight excluding hydrogens is 240 g/mol. The number of carbonyl (C=O) groups excluding carboxylic acids is 1. The number of hydrogen-bond acceptors (Lipinski definition) is 4. The van der Waals surface area contributed by atoms with Crippen molar-refractivity contribution in [3.05, 3.63) is 17.8 Å². The summed E-state index contributed by atoms with van der Waals surface area (Å²) in [5, 5.41) is 8.64. The van der Waals surface area contributed by atoms with Gasteiger partial charge in [0, 0.05) is 38.5 Å². The van der Waals surface area contributed by atoms with E-state index in [1.807, 2.05) is 11.8 Å². The number of carbonyl (C=O) groups is 1.